The van der Waals surface area contributed by atoms with Crippen molar-refractivity contribution >= 4 is 40.7 Å². The number of benzene rings is 3. The first-order chi connectivity index (χ1) is 21.1. The van der Waals surface area contributed by atoms with E-state index >= 15 is 0 Å². The van der Waals surface area contributed by atoms with Crippen molar-refractivity contribution < 1.29 is 28.8 Å². The number of carbonyl (C=O) groups excluding carboxylic acids is 1. The van der Waals surface area contributed by atoms with Crippen LogP contribution >= 0.6 is 34.8 Å². The smallest absolute Gasteiger partial charge is 0.272 e. The first-order valence-electron chi connectivity index (χ1n) is 14.5. The van der Waals surface area contributed by atoms with E-state index in [2.05, 4.69) is 29.3 Å². The molecule has 1 fully saturated rings. The number of aliphatic hydroxyl groups is 1. The van der Waals surface area contributed by atoms with Crippen LogP contribution in [0.4, 0.5) is 0 Å². The first-order valence-corrected chi connectivity index (χ1v) is 15.6. The van der Waals surface area contributed by atoms with Gasteiger partial charge >= 0.3 is 0 Å². The molecular weight excluding hydrogens is 627 g/mol. The van der Waals surface area contributed by atoms with Gasteiger partial charge in [-0.15, -0.1) is 0 Å². The van der Waals surface area contributed by atoms with E-state index < -0.39 is 16.0 Å². The molecule has 0 spiro atoms. The minimum Gasteiger partial charge on any atom is -0.493 e. The Morgan fingerprint density at radius 3 is 2.18 bits per heavy atom. The number of amides is 1. The highest BCUT2D eigenvalue weighted by Crippen LogP contribution is 2.42. The zero-order valence-electron chi connectivity index (χ0n) is 24.9. The quantitative estimate of drug-likeness (QED) is 0.270. The molecule has 44 heavy (non-hydrogen) atoms. The van der Waals surface area contributed by atoms with Gasteiger partial charge in [0.1, 0.15) is 0 Å². The average molecular weight is 664 g/mol. The number of nitrogens with one attached hydrogen (secondary N) is 1. The van der Waals surface area contributed by atoms with E-state index in [1.165, 1.54) is 11.1 Å². The molecule has 0 saturated carbocycles. The standard InChI is InChI=1S/C33H37Cl3N2O6/c1-20-29(18-38-13-12-25-14-27(41-2)28(42-3)15-26(25)17-38)43-31(44-30(20)23-8-6-22(19-39)7-9-23)24-10-4-21(5-11-24)16-37-32(40)33(34,35)36/h4-11,14-15,20,29-31,39H,12-13,16-19H2,1-3H3,(H,37,40). The van der Waals surface area contributed by atoms with Crippen molar-refractivity contribution in [1.29, 1.82) is 0 Å². The van der Waals surface area contributed by atoms with Crippen molar-refractivity contribution in [3.8, 4) is 11.5 Å². The molecular formula is C33H37Cl3N2O6. The minimum atomic E-state index is -2.02. The van der Waals surface area contributed by atoms with E-state index in [0.717, 1.165) is 59.8 Å². The molecule has 0 bridgehead atoms. The molecule has 8 nitrogen and oxygen atoms in total. The monoisotopic (exact) mass is 662 g/mol. The number of carbonyl (C=O) groups is 1. The minimum absolute atomic E-state index is 0.0166. The lowest BCUT2D eigenvalue weighted by Gasteiger charge is -2.43. The number of rotatable bonds is 9. The van der Waals surface area contributed by atoms with Crippen LogP contribution < -0.4 is 14.8 Å². The molecule has 4 unspecified atom stereocenters. The number of hydrogen-bond acceptors (Lipinski definition) is 7. The van der Waals surface area contributed by atoms with Gasteiger partial charge in [-0.3, -0.25) is 9.69 Å². The fourth-order valence-electron chi connectivity index (χ4n) is 5.76. The van der Waals surface area contributed by atoms with Gasteiger partial charge in [0.25, 0.3) is 9.70 Å². The second-order valence-corrected chi connectivity index (χ2v) is 13.5. The summed E-state index contributed by atoms with van der Waals surface area (Å²) in [4.78, 5) is 14.4. The predicted octanol–water partition coefficient (Wildman–Crippen LogP) is 6.03. The highest BCUT2D eigenvalue weighted by atomic mass is 35.6. The average Bonchev–Trinajstić information content (AvgIpc) is 3.03. The maximum atomic E-state index is 11.9. The zero-order chi connectivity index (χ0) is 31.4. The topological polar surface area (TPSA) is 89.5 Å². The predicted molar refractivity (Wildman–Crippen MR) is 170 cm³/mol. The molecule has 5 rings (SSSR count). The number of methoxy groups -OCH3 is 2. The van der Waals surface area contributed by atoms with Gasteiger partial charge < -0.3 is 29.4 Å². The van der Waals surface area contributed by atoms with Gasteiger partial charge in [-0.25, -0.2) is 0 Å². The van der Waals surface area contributed by atoms with E-state index in [1.807, 2.05) is 48.5 Å². The highest BCUT2D eigenvalue weighted by molar-refractivity contribution is 6.76. The van der Waals surface area contributed by atoms with Crippen LogP contribution in [-0.2, 0) is 40.4 Å². The van der Waals surface area contributed by atoms with E-state index in [1.54, 1.807) is 14.2 Å². The Balaban J connectivity index is 1.35. The molecule has 2 heterocycles. The van der Waals surface area contributed by atoms with Crippen molar-refractivity contribution in [3.05, 3.63) is 94.0 Å². The highest BCUT2D eigenvalue weighted by Gasteiger charge is 2.39. The third-order valence-electron chi connectivity index (χ3n) is 8.32. The molecule has 1 amide bonds. The van der Waals surface area contributed by atoms with Crippen molar-refractivity contribution in [3.63, 3.8) is 0 Å². The summed E-state index contributed by atoms with van der Waals surface area (Å²) in [6.45, 7) is 4.75. The molecule has 0 radical (unpaired) electrons. The summed E-state index contributed by atoms with van der Waals surface area (Å²) in [5, 5.41) is 12.2. The number of nitrogens with zero attached hydrogens (tertiary/aromatic N) is 1. The second-order valence-electron chi connectivity index (χ2n) is 11.2. The molecule has 0 aromatic heterocycles. The van der Waals surface area contributed by atoms with Crippen LogP contribution in [0.2, 0.25) is 0 Å². The number of alkyl halides is 3. The third-order valence-corrected chi connectivity index (χ3v) is 8.84. The summed E-state index contributed by atoms with van der Waals surface area (Å²) >= 11 is 17.0. The van der Waals surface area contributed by atoms with Crippen LogP contribution in [0.15, 0.2) is 60.7 Å². The fourth-order valence-corrected chi connectivity index (χ4v) is 5.96. The summed E-state index contributed by atoms with van der Waals surface area (Å²) in [5.74, 6) is 0.841. The number of ether oxygens (including phenoxy) is 4. The first kappa shape index (κ1) is 32.8. The van der Waals surface area contributed by atoms with E-state index in [-0.39, 0.29) is 31.3 Å². The SMILES string of the molecule is COc1cc2c(cc1OC)CN(CC1OC(c3ccc(CNC(=O)C(Cl)(Cl)Cl)cc3)OC(c3ccc(CO)cc3)C1C)CC2. The lowest BCUT2D eigenvalue weighted by molar-refractivity contribution is -0.276. The van der Waals surface area contributed by atoms with Gasteiger partial charge in [-0.05, 0) is 46.4 Å². The van der Waals surface area contributed by atoms with E-state index in [4.69, 9.17) is 53.8 Å². The fraction of sp³-hybridized carbons (Fsp3) is 0.424. The van der Waals surface area contributed by atoms with Gasteiger partial charge in [0.15, 0.2) is 17.8 Å². The van der Waals surface area contributed by atoms with Crippen LogP contribution in [0.25, 0.3) is 0 Å². The number of aliphatic hydroxyl groups excluding tert-OH is 1. The molecule has 11 heteroatoms. The van der Waals surface area contributed by atoms with Gasteiger partial charge in [0.05, 0.1) is 33.0 Å². The third kappa shape index (κ3) is 7.62. The van der Waals surface area contributed by atoms with Crippen LogP contribution in [0.1, 0.15) is 52.7 Å². The van der Waals surface area contributed by atoms with Gasteiger partial charge in [0, 0.05) is 37.7 Å². The Labute approximate surface area is 273 Å². The molecule has 1 saturated heterocycles. The van der Waals surface area contributed by atoms with Gasteiger partial charge in [-0.1, -0.05) is 90.3 Å². The van der Waals surface area contributed by atoms with Crippen molar-refractivity contribution in [2.45, 2.75) is 55.3 Å². The molecule has 2 aliphatic heterocycles. The number of halogens is 3. The van der Waals surface area contributed by atoms with Crippen molar-refractivity contribution in [2.75, 3.05) is 27.3 Å². The summed E-state index contributed by atoms with van der Waals surface area (Å²) < 4.78 is 22.3. The summed E-state index contributed by atoms with van der Waals surface area (Å²) in [7, 11) is 3.31. The number of hydrogen-bond donors (Lipinski definition) is 2. The van der Waals surface area contributed by atoms with E-state index in [9.17, 15) is 9.90 Å². The molecule has 236 valence electrons. The van der Waals surface area contributed by atoms with Crippen molar-refractivity contribution in [1.82, 2.24) is 10.2 Å². The molecule has 4 atom stereocenters. The maximum absolute atomic E-state index is 11.9. The molecule has 2 N–H and O–H groups in total. The maximum Gasteiger partial charge on any atom is 0.272 e. The molecule has 3 aromatic rings. The molecule has 0 aliphatic carbocycles. The largest absolute Gasteiger partial charge is 0.493 e. The van der Waals surface area contributed by atoms with Crippen molar-refractivity contribution in [2.24, 2.45) is 5.92 Å². The Morgan fingerprint density at radius 1 is 0.955 bits per heavy atom. The lowest BCUT2D eigenvalue weighted by Crippen LogP contribution is -2.45. The van der Waals surface area contributed by atoms with Crippen LogP contribution in [0.3, 0.4) is 0 Å². The van der Waals surface area contributed by atoms with E-state index in [0.29, 0.717) is 0 Å². The zero-order valence-corrected chi connectivity index (χ0v) is 27.2. The molecule has 3 aromatic carbocycles. The second kappa shape index (κ2) is 14.3. The van der Waals surface area contributed by atoms with Gasteiger partial charge in [-0.2, -0.15) is 0 Å². The number of fused-ring (bicyclic) bond motifs is 1. The van der Waals surface area contributed by atoms with Gasteiger partial charge in [0.2, 0.25) is 0 Å². The van der Waals surface area contributed by atoms with Crippen LogP contribution in [0, 0.1) is 5.92 Å². The Hall–Kier alpha value is -2.56. The Bertz CT molecular complexity index is 1430. The summed E-state index contributed by atoms with van der Waals surface area (Å²) in [6, 6.07) is 19.7. The Morgan fingerprint density at radius 2 is 1.57 bits per heavy atom. The molecule has 2 aliphatic rings. The lowest BCUT2D eigenvalue weighted by atomic mass is 9.89. The van der Waals surface area contributed by atoms with Crippen LogP contribution in [0.5, 0.6) is 11.5 Å². The summed E-state index contributed by atoms with van der Waals surface area (Å²) in [5.41, 5.74) is 6.06. The van der Waals surface area contributed by atoms with Crippen LogP contribution in [-0.4, -0.2) is 53.1 Å². The normalized spacial score (nSPS) is 22.2. The Kier molecular flexibility index (Phi) is 10.6. The summed E-state index contributed by atoms with van der Waals surface area (Å²) in [6.07, 6.45) is -0.0543.